The number of nitrogen functional groups attached to an aromatic ring is 2. The second-order valence-electron chi connectivity index (χ2n) is 4.03. The Morgan fingerprint density at radius 2 is 2.10 bits per heavy atom. The SMILES string of the molecule is COC(=O)c1cc(-c2nc(N)nc(N)c2C#N)ccc1O. The number of nitrogens with zero attached hydrogens (tertiary/aromatic N) is 3. The van der Waals surface area contributed by atoms with Crippen molar-refractivity contribution in [2.45, 2.75) is 0 Å². The Kier molecular flexibility index (Phi) is 3.58. The molecule has 21 heavy (non-hydrogen) atoms. The van der Waals surface area contributed by atoms with E-state index < -0.39 is 5.97 Å². The van der Waals surface area contributed by atoms with Gasteiger partial charge in [-0.05, 0) is 18.2 Å². The molecule has 0 aliphatic carbocycles. The second-order valence-corrected chi connectivity index (χ2v) is 4.03. The quantitative estimate of drug-likeness (QED) is 0.682. The Morgan fingerprint density at radius 1 is 1.38 bits per heavy atom. The third kappa shape index (κ3) is 2.52. The fourth-order valence-electron chi connectivity index (χ4n) is 1.77. The molecule has 0 unspecified atom stereocenters. The van der Waals surface area contributed by atoms with E-state index in [0.29, 0.717) is 5.56 Å². The van der Waals surface area contributed by atoms with E-state index in [1.165, 1.54) is 25.3 Å². The predicted molar refractivity (Wildman–Crippen MR) is 74.0 cm³/mol. The molecule has 8 heteroatoms. The van der Waals surface area contributed by atoms with E-state index in [9.17, 15) is 9.90 Å². The van der Waals surface area contributed by atoms with Gasteiger partial charge in [0.25, 0.3) is 0 Å². The van der Waals surface area contributed by atoms with Gasteiger partial charge in [0.15, 0.2) is 0 Å². The molecule has 0 aliphatic heterocycles. The molecule has 2 aromatic rings. The van der Waals surface area contributed by atoms with Gasteiger partial charge in [0.1, 0.15) is 28.8 Å². The highest BCUT2D eigenvalue weighted by Crippen LogP contribution is 2.29. The lowest BCUT2D eigenvalue weighted by atomic mass is 10.0. The number of phenolic OH excluding ortho intramolecular Hbond substituents is 1. The summed E-state index contributed by atoms with van der Waals surface area (Å²) in [5, 5.41) is 18.8. The highest BCUT2D eigenvalue weighted by atomic mass is 16.5. The number of methoxy groups -OCH3 is 1. The molecule has 0 radical (unpaired) electrons. The van der Waals surface area contributed by atoms with E-state index in [0.717, 1.165) is 0 Å². The second kappa shape index (κ2) is 5.34. The number of aromatic hydroxyl groups is 1. The summed E-state index contributed by atoms with van der Waals surface area (Å²) in [6.45, 7) is 0. The summed E-state index contributed by atoms with van der Waals surface area (Å²) in [4.78, 5) is 19.2. The number of esters is 1. The number of anilines is 2. The Balaban J connectivity index is 2.69. The van der Waals surface area contributed by atoms with Crippen LogP contribution in [0, 0.1) is 11.3 Å². The monoisotopic (exact) mass is 285 g/mol. The average molecular weight is 285 g/mol. The summed E-state index contributed by atoms with van der Waals surface area (Å²) >= 11 is 0. The molecule has 5 N–H and O–H groups in total. The van der Waals surface area contributed by atoms with Crippen molar-refractivity contribution in [1.29, 1.82) is 5.26 Å². The minimum Gasteiger partial charge on any atom is -0.507 e. The van der Waals surface area contributed by atoms with Crippen LogP contribution >= 0.6 is 0 Å². The van der Waals surface area contributed by atoms with Crippen LogP contribution in [-0.4, -0.2) is 28.2 Å². The van der Waals surface area contributed by atoms with Gasteiger partial charge >= 0.3 is 5.97 Å². The lowest BCUT2D eigenvalue weighted by Crippen LogP contribution is -2.06. The molecule has 1 heterocycles. The van der Waals surface area contributed by atoms with Crippen LogP contribution in [0.5, 0.6) is 5.75 Å². The third-order valence-electron chi connectivity index (χ3n) is 2.74. The van der Waals surface area contributed by atoms with Gasteiger partial charge in [0.05, 0.1) is 12.8 Å². The molecule has 0 amide bonds. The maximum Gasteiger partial charge on any atom is 0.341 e. The Hall–Kier alpha value is -3.34. The lowest BCUT2D eigenvalue weighted by molar-refractivity contribution is 0.0597. The van der Waals surface area contributed by atoms with Crippen LogP contribution in [0.3, 0.4) is 0 Å². The van der Waals surface area contributed by atoms with E-state index in [1.807, 2.05) is 6.07 Å². The molecule has 0 saturated carbocycles. The van der Waals surface area contributed by atoms with Crippen LogP contribution in [0.15, 0.2) is 18.2 Å². The van der Waals surface area contributed by atoms with Crippen molar-refractivity contribution >= 4 is 17.7 Å². The minimum atomic E-state index is -0.720. The molecule has 0 fully saturated rings. The number of hydrogen-bond acceptors (Lipinski definition) is 8. The lowest BCUT2D eigenvalue weighted by Gasteiger charge is -2.09. The number of rotatable bonds is 2. The number of aromatic nitrogens is 2. The van der Waals surface area contributed by atoms with E-state index in [4.69, 9.17) is 16.7 Å². The first-order valence-electron chi connectivity index (χ1n) is 5.72. The number of nitriles is 1. The summed E-state index contributed by atoms with van der Waals surface area (Å²) in [7, 11) is 1.19. The molecule has 0 aliphatic rings. The van der Waals surface area contributed by atoms with Crippen molar-refractivity contribution in [2.75, 3.05) is 18.6 Å². The van der Waals surface area contributed by atoms with Crippen molar-refractivity contribution in [2.24, 2.45) is 0 Å². The molecule has 106 valence electrons. The molecule has 8 nitrogen and oxygen atoms in total. The number of ether oxygens (including phenoxy) is 1. The van der Waals surface area contributed by atoms with E-state index in [-0.39, 0.29) is 34.3 Å². The minimum absolute atomic E-state index is 0.0331. The number of hydrogen-bond donors (Lipinski definition) is 3. The maximum absolute atomic E-state index is 11.6. The number of carbonyl (C=O) groups excluding carboxylic acids is 1. The fraction of sp³-hybridized carbons (Fsp3) is 0.0769. The molecule has 0 spiro atoms. The zero-order valence-corrected chi connectivity index (χ0v) is 11.0. The molecule has 0 bridgehead atoms. The van der Waals surface area contributed by atoms with Crippen molar-refractivity contribution in [3.63, 3.8) is 0 Å². The predicted octanol–water partition coefficient (Wildman–Crippen LogP) is 0.672. The van der Waals surface area contributed by atoms with Crippen LogP contribution in [0.1, 0.15) is 15.9 Å². The normalized spacial score (nSPS) is 9.90. The molecule has 1 aromatic carbocycles. The molecule has 0 saturated heterocycles. The Labute approximate surface area is 119 Å². The van der Waals surface area contributed by atoms with Gasteiger partial charge < -0.3 is 21.3 Å². The fourth-order valence-corrected chi connectivity index (χ4v) is 1.77. The first-order valence-corrected chi connectivity index (χ1v) is 5.72. The highest BCUT2D eigenvalue weighted by Gasteiger charge is 2.17. The highest BCUT2D eigenvalue weighted by molar-refractivity contribution is 5.94. The Bertz CT molecular complexity index is 767. The summed E-state index contributed by atoms with van der Waals surface area (Å²) in [5.74, 6) is -1.14. The van der Waals surface area contributed by atoms with Gasteiger partial charge in [0, 0.05) is 5.56 Å². The number of nitrogens with two attached hydrogens (primary N) is 2. The molecule has 0 atom stereocenters. The number of carbonyl (C=O) groups is 1. The van der Waals surface area contributed by atoms with E-state index in [2.05, 4.69) is 14.7 Å². The molecule has 2 rings (SSSR count). The van der Waals surface area contributed by atoms with Crippen molar-refractivity contribution in [1.82, 2.24) is 9.97 Å². The first kappa shape index (κ1) is 14.1. The standard InChI is InChI=1S/C13H11N5O3/c1-21-12(20)7-4-6(2-3-9(7)19)10-8(5-14)11(15)18-13(16)17-10/h2-4,19H,1H3,(H4,15,16,17,18). The largest absolute Gasteiger partial charge is 0.507 e. The van der Waals surface area contributed by atoms with Crippen LogP contribution in [0.25, 0.3) is 11.3 Å². The zero-order valence-electron chi connectivity index (χ0n) is 11.0. The topological polar surface area (TPSA) is 148 Å². The maximum atomic E-state index is 11.6. The van der Waals surface area contributed by atoms with Crippen LogP contribution in [-0.2, 0) is 4.74 Å². The summed E-state index contributed by atoms with van der Waals surface area (Å²) in [6, 6.07) is 5.98. The van der Waals surface area contributed by atoms with Crippen molar-refractivity contribution in [3.05, 3.63) is 29.3 Å². The van der Waals surface area contributed by atoms with Crippen LogP contribution in [0.2, 0.25) is 0 Å². The smallest absolute Gasteiger partial charge is 0.341 e. The van der Waals surface area contributed by atoms with Crippen molar-refractivity contribution < 1.29 is 14.6 Å². The van der Waals surface area contributed by atoms with Gasteiger partial charge in [0.2, 0.25) is 5.95 Å². The summed E-state index contributed by atoms with van der Waals surface area (Å²) in [5.41, 5.74) is 11.7. The average Bonchev–Trinajstić information content (AvgIpc) is 2.46. The van der Waals surface area contributed by atoms with Crippen LogP contribution < -0.4 is 11.5 Å². The molecule has 1 aromatic heterocycles. The van der Waals surface area contributed by atoms with Gasteiger partial charge in [-0.1, -0.05) is 0 Å². The zero-order chi connectivity index (χ0) is 15.6. The first-order chi connectivity index (χ1) is 9.97. The third-order valence-corrected chi connectivity index (χ3v) is 2.74. The molecular weight excluding hydrogens is 274 g/mol. The van der Waals surface area contributed by atoms with Gasteiger partial charge in [-0.15, -0.1) is 0 Å². The Morgan fingerprint density at radius 3 is 2.71 bits per heavy atom. The van der Waals surface area contributed by atoms with E-state index in [1.54, 1.807) is 0 Å². The van der Waals surface area contributed by atoms with Gasteiger partial charge in [-0.3, -0.25) is 0 Å². The number of phenols is 1. The van der Waals surface area contributed by atoms with Gasteiger partial charge in [-0.2, -0.15) is 10.2 Å². The summed E-state index contributed by atoms with van der Waals surface area (Å²) in [6.07, 6.45) is 0. The van der Waals surface area contributed by atoms with E-state index >= 15 is 0 Å². The summed E-state index contributed by atoms with van der Waals surface area (Å²) < 4.78 is 4.57. The molecular formula is C13H11N5O3. The van der Waals surface area contributed by atoms with Crippen molar-refractivity contribution in [3.8, 4) is 23.1 Å². The van der Waals surface area contributed by atoms with Gasteiger partial charge in [-0.25, -0.2) is 9.78 Å². The number of benzene rings is 1. The van der Waals surface area contributed by atoms with Crippen LogP contribution in [0.4, 0.5) is 11.8 Å².